The van der Waals surface area contributed by atoms with Gasteiger partial charge in [0.05, 0.1) is 0 Å². The van der Waals surface area contributed by atoms with Crippen LogP contribution in [0.5, 0.6) is 0 Å². The zero-order chi connectivity index (χ0) is 20.7. The number of aliphatic hydroxyl groups excluding tert-OH is 1. The fraction of sp³-hybridized carbons (Fsp3) is 0.208. The van der Waals surface area contributed by atoms with Gasteiger partial charge < -0.3 is 14.9 Å². The Morgan fingerprint density at radius 2 is 2.03 bits per heavy atom. The highest BCUT2D eigenvalue weighted by atomic mass is 16.5. The summed E-state index contributed by atoms with van der Waals surface area (Å²) < 4.78 is 5.59. The van der Waals surface area contributed by atoms with Crippen molar-refractivity contribution in [3.05, 3.63) is 82.1 Å². The normalized spacial score (nSPS) is 16.8. The molecule has 0 bridgehead atoms. The Labute approximate surface area is 173 Å². The maximum absolute atomic E-state index is 12.6. The van der Waals surface area contributed by atoms with Crippen molar-refractivity contribution in [2.24, 2.45) is 0 Å². The molecule has 2 N–H and O–H groups in total. The number of nitrogens with one attached hydrogen (secondary N) is 1. The van der Waals surface area contributed by atoms with Gasteiger partial charge in [-0.15, -0.1) is 0 Å². The third kappa shape index (κ3) is 2.79. The summed E-state index contributed by atoms with van der Waals surface area (Å²) in [5.74, 6) is -0.388. The van der Waals surface area contributed by atoms with Crippen molar-refractivity contribution >= 4 is 11.7 Å². The van der Waals surface area contributed by atoms with Crippen LogP contribution in [0.3, 0.4) is 0 Å². The van der Waals surface area contributed by atoms with Crippen molar-refractivity contribution in [1.82, 2.24) is 10.5 Å². The fourth-order valence-corrected chi connectivity index (χ4v) is 4.55. The Morgan fingerprint density at radius 3 is 2.83 bits per heavy atom. The van der Waals surface area contributed by atoms with E-state index < -0.39 is 11.7 Å². The second-order valence-electron chi connectivity index (χ2n) is 7.60. The number of hydrogen-bond acceptors (Lipinski definition) is 5. The Hall–Kier alpha value is -3.85. The fourth-order valence-electron chi connectivity index (χ4n) is 4.55. The van der Waals surface area contributed by atoms with Gasteiger partial charge in [0, 0.05) is 23.6 Å². The smallest absolute Gasteiger partial charge is 0.266 e. The van der Waals surface area contributed by atoms with Crippen LogP contribution in [-0.4, -0.2) is 16.2 Å². The molecular weight excluding hydrogens is 378 g/mol. The predicted octanol–water partition coefficient (Wildman–Crippen LogP) is 4.23. The number of aliphatic hydroxyl groups is 1. The molecule has 2 aliphatic rings. The Morgan fingerprint density at radius 1 is 1.20 bits per heavy atom. The number of aryl methyl sites for hydroxylation is 1. The van der Waals surface area contributed by atoms with Crippen LogP contribution < -0.4 is 5.32 Å². The van der Waals surface area contributed by atoms with Crippen molar-refractivity contribution in [3.8, 4) is 17.4 Å². The average Bonchev–Trinajstić information content (AvgIpc) is 3.35. The van der Waals surface area contributed by atoms with E-state index in [0.29, 0.717) is 5.76 Å². The maximum atomic E-state index is 12.6. The summed E-state index contributed by atoms with van der Waals surface area (Å²) in [5.41, 5.74) is 4.99. The first-order chi connectivity index (χ1) is 14.7. The van der Waals surface area contributed by atoms with Gasteiger partial charge in [-0.3, -0.25) is 4.79 Å². The number of nitriles is 1. The molecule has 0 radical (unpaired) electrons. The first-order valence-corrected chi connectivity index (χ1v) is 9.96. The van der Waals surface area contributed by atoms with E-state index in [9.17, 15) is 15.2 Å². The molecule has 3 aromatic rings. The quantitative estimate of drug-likeness (QED) is 0.390. The van der Waals surface area contributed by atoms with E-state index in [4.69, 9.17) is 4.52 Å². The van der Waals surface area contributed by atoms with Crippen LogP contribution in [0.15, 0.2) is 58.6 Å². The molecule has 1 amide bonds. The number of benzene rings is 2. The lowest BCUT2D eigenvalue weighted by atomic mass is 9.81. The van der Waals surface area contributed by atoms with Gasteiger partial charge in [0.1, 0.15) is 6.07 Å². The van der Waals surface area contributed by atoms with E-state index in [-0.39, 0.29) is 23.7 Å². The number of amides is 1. The summed E-state index contributed by atoms with van der Waals surface area (Å²) in [6, 6.07) is 17.3. The molecule has 30 heavy (non-hydrogen) atoms. The largest absolute Gasteiger partial charge is 0.504 e. The van der Waals surface area contributed by atoms with Crippen molar-refractivity contribution in [2.75, 3.05) is 0 Å². The molecule has 0 fully saturated rings. The molecule has 1 aromatic heterocycles. The first-order valence-electron chi connectivity index (χ1n) is 9.96. The molecule has 5 rings (SSSR count). The summed E-state index contributed by atoms with van der Waals surface area (Å²) in [6.07, 6.45) is 2.96. The van der Waals surface area contributed by atoms with Crippen molar-refractivity contribution in [1.29, 1.82) is 5.26 Å². The Balaban J connectivity index is 1.50. The van der Waals surface area contributed by atoms with E-state index in [0.717, 1.165) is 36.0 Å². The van der Waals surface area contributed by atoms with Gasteiger partial charge in [-0.25, -0.2) is 0 Å². The number of aromatic nitrogens is 1. The molecule has 1 atom stereocenters. The van der Waals surface area contributed by atoms with Gasteiger partial charge >= 0.3 is 0 Å². The zero-order valence-electron chi connectivity index (χ0n) is 16.2. The second kappa shape index (κ2) is 7.20. The van der Waals surface area contributed by atoms with E-state index >= 15 is 0 Å². The van der Waals surface area contributed by atoms with Gasteiger partial charge in [-0.2, -0.15) is 5.26 Å². The molecule has 6 nitrogen and oxygen atoms in total. The molecule has 2 aliphatic carbocycles. The van der Waals surface area contributed by atoms with Gasteiger partial charge in [0.2, 0.25) is 0 Å². The summed E-state index contributed by atoms with van der Waals surface area (Å²) in [5, 5.41) is 27.2. The monoisotopic (exact) mass is 397 g/mol. The van der Waals surface area contributed by atoms with Crippen LogP contribution in [0.25, 0.3) is 17.1 Å². The standard InChI is InChI=1S/C24H19N3O3/c25-12-18(24(29)26-13-14-6-2-1-3-7-14)22(28)21-20-16-10-4-8-15-9-5-11-17(19(15)16)23(20)30-27-21/h1-3,5-7,9,11,16,28H,4,8,10,13H2,(H,26,29)/b22-18-. The number of nitrogens with zero attached hydrogens (tertiary/aromatic N) is 2. The third-order valence-corrected chi connectivity index (χ3v) is 5.90. The molecule has 0 saturated carbocycles. The molecule has 6 heteroatoms. The minimum Gasteiger partial charge on any atom is -0.504 e. The molecule has 148 valence electrons. The zero-order valence-corrected chi connectivity index (χ0v) is 16.2. The maximum Gasteiger partial charge on any atom is 0.266 e. The molecule has 1 unspecified atom stereocenters. The predicted molar refractivity (Wildman–Crippen MR) is 110 cm³/mol. The molecule has 2 aromatic carbocycles. The highest BCUT2D eigenvalue weighted by Gasteiger charge is 2.40. The van der Waals surface area contributed by atoms with Crippen LogP contribution in [0.4, 0.5) is 0 Å². The summed E-state index contributed by atoms with van der Waals surface area (Å²) >= 11 is 0. The van der Waals surface area contributed by atoms with Crippen LogP contribution in [0.2, 0.25) is 0 Å². The van der Waals surface area contributed by atoms with E-state index in [1.165, 1.54) is 11.1 Å². The molecular formula is C24H19N3O3. The minimum atomic E-state index is -0.643. The number of carbonyl (C=O) groups is 1. The lowest BCUT2D eigenvalue weighted by Gasteiger charge is -2.22. The second-order valence-corrected chi connectivity index (χ2v) is 7.60. The topological polar surface area (TPSA) is 99.2 Å². The van der Waals surface area contributed by atoms with Crippen molar-refractivity contribution < 1.29 is 14.4 Å². The lowest BCUT2D eigenvalue weighted by Crippen LogP contribution is -2.25. The van der Waals surface area contributed by atoms with Crippen molar-refractivity contribution in [3.63, 3.8) is 0 Å². The molecule has 0 saturated heterocycles. The van der Waals surface area contributed by atoms with Gasteiger partial charge in [0.25, 0.3) is 5.91 Å². The highest BCUT2D eigenvalue weighted by molar-refractivity contribution is 6.03. The third-order valence-electron chi connectivity index (χ3n) is 5.90. The number of fused-ring (bicyclic) bond motifs is 3. The first kappa shape index (κ1) is 18.2. The summed E-state index contributed by atoms with van der Waals surface area (Å²) in [7, 11) is 0. The van der Waals surface area contributed by atoms with Crippen LogP contribution in [0, 0.1) is 11.3 Å². The van der Waals surface area contributed by atoms with E-state index in [1.807, 2.05) is 48.5 Å². The SMILES string of the molecule is N#C/C(C(=O)NCc1ccccc1)=C(/O)c1noc2c1C1CCCc3cccc-2c31. The average molecular weight is 397 g/mol. The number of rotatable bonds is 4. The molecule has 1 heterocycles. The number of carbonyl (C=O) groups excluding carboxylic acids is 1. The Bertz CT molecular complexity index is 1220. The van der Waals surface area contributed by atoms with Crippen LogP contribution in [-0.2, 0) is 17.8 Å². The van der Waals surface area contributed by atoms with E-state index in [1.54, 1.807) is 0 Å². The Kier molecular flexibility index (Phi) is 4.36. The minimum absolute atomic E-state index is 0.0654. The molecule has 0 aliphatic heterocycles. The van der Waals surface area contributed by atoms with Crippen molar-refractivity contribution in [2.45, 2.75) is 31.7 Å². The number of hydrogen-bond donors (Lipinski definition) is 2. The summed E-state index contributed by atoms with van der Waals surface area (Å²) in [4.78, 5) is 12.6. The summed E-state index contributed by atoms with van der Waals surface area (Å²) in [6.45, 7) is 0.256. The highest BCUT2D eigenvalue weighted by Crippen LogP contribution is 2.52. The van der Waals surface area contributed by atoms with Gasteiger partial charge in [-0.1, -0.05) is 53.7 Å². The molecule has 0 spiro atoms. The van der Waals surface area contributed by atoms with Crippen LogP contribution >= 0.6 is 0 Å². The van der Waals surface area contributed by atoms with Gasteiger partial charge in [-0.05, 0) is 36.0 Å². The van der Waals surface area contributed by atoms with E-state index in [2.05, 4.69) is 16.5 Å². The van der Waals surface area contributed by atoms with Gasteiger partial charge in [0.15, 0.2) is 22.8 Å². The lowest BCUT2D eigenvalue weighted by molar-refractivity contribution is -0.117. The van der Waals surface area contributed by atoms with Crippen LogP contribution in [0.1, 0.15) is 46.7 Å².